The first kappa shape index (κ1) is 13.8. The molecule has 0 spiro atoms. The van der Waals surface area contributed by atoms with Gasteiger partial charge in [0.1, 0.15) is 11.6 Å². The molecule has 104 valence electrons. The van der Waals surface area contributed by atoms with Gasteiger partial charge >= 0.3 is 0 Å². The van der Waals surface area contributed by atoms with Crippen molar-refractivity contribution < 1.29 is 14.3 Å². The highest BCUT2D eigenvalue weighted by molar-refractivity contribution is 5.95. The maximum atomic E-state index is 13.7. The van der Waals surface area contributed by atoms with E-state index in [0.29, 0.717) is 13.1 Å². The van der Waals surface area contributed by atoms with Gasteiger partial charge in [-0.1, -0.05) is 0 Å². The van der Waals surface area contributed by atoms with Gasteiger partial charge in [-0.2, -0.15) is 0 Å². The Hall–Kier alpha value is -1.62. The predicted octanol–water partition coefficient (Wildman–Crippen LogP) is 1.75. The maximum Gasteiger partial charge on any atom is 0.257 e. The fourth-order valence-electron chi connectivity index (χ4n) is 2.55. The van der Waals surface area contributed by atoms with E-state index in [9.17, 15) is 14.3 Å². The molecular formula is C14H19FN2O2. The predicted molar refractivity (Wildman–Crippen MR) is 70.7 cm³/mol. The summed E-state index contributed by atoms with van der Waals surface area (Å²) in [6.07, 6.45) is 2.98. The van der Waals surface area contributed by atoms with Gasteiger partial charge in [-0.25, -0.2) is 4.39 Å². The number of rotatable bonds is 3. The Morgan fingerprint density at radius 2 is 2.32 bits per heavy atom. The molecule has 1 fully saturated rings. The molecule has 19 heavy (non-hydrogen) atoms. The average Bonchev–Trinajstić information content (AvgIpc) is 2.39. The van der Waals surface area contributed by atoms with E-state index in [1.807, 2.05) is 7.05 Å². The van der Waals surface area contributed by atoms with Crippen LogP contribution < -0.4 is 5.32 Å². The first-order valence-corrected chi connectivity index (χ1v) is 6.57. The van der Waals surface area contributed by atoms with Gasteiger partial charge in [-0.15, -0.1) is 0 Å². The van der Waals surface area contributed by atoms with Crippen molar-refractivity contribution in [3.05, 3.63) is 29.6 Å². The van der Waals surface area contributed by atoms with Crippen LogP contribution in [0.4, 0.5) is 4.39 Å². The number of carbonyl (C=O) groups is 1. The van der Waals surface area contributed by atoms with Crippen molar-refractivity contribution in [1.29, 1.82) is 0 Å². The molecule has 5 heteroatoms. The van der Waals surface area contributed by atoms with E-state index in [1.54, 1.807) is 4.90 Å². The zero-order chi connectivity index (χ0) is 13.8. The van der Waals surface area contributed by atoms with Gasteiger partial charge in [0.05, 0.1) is 5.56 Å². The Balaban J connectivity index is 2.21. The van der Waals surface area contributed by atoms with Gasteiger partial charge in [0, 0.05) is 25.2 Å². The number of benzene rings is 1. The van der Waals surface area contributed by atoms with Crippen LogP contribution in [0.15, 0.2) is 18.2 Å². The number of likely N-dealkylation sites (N-methyl/N-ethyl adjacent to an activating group) is 1. The Kier molecular flexibility index (Phi) is 4.37. The highest BCUT2D eigenvalue weighted by atomic mass is 19.1. The van der Waals surface area contributed by atoms with Crippen molar-refractivity contribution in [1.82, 2.24) is 10.2 Å². The monoisotopic (exact) mass is 266 g/mol. The zero-order valence-electron chi connectivity index (χ0n) is 11.0. The summed E-state index contributed by atoms with van der Waals surface area (Å²) in [5.74, 6) is -1.13. The van der Waals surface area contributed by atoms with Crippen molar-refractivity contribution in [2.45, 2.75) is 25.3 Å². The molecule has 1 aromatic rings. The Morgan fingerprint density at radius 3 is 3.00 bits per heavy atom. The summed E-state index contributed by atoms with van der Waals surface area (Å²) in [5, 5.41) is 12.3. The molecule has 1 heterocycles. The number of nitrogens with zero attached hydrogens (tertiary/aromatic N) is 1. The third-order valence-corrected chi connectivity index (χ3v) is 3.51. The van der Waals surface area contributed by atoms with Crippen LogP contribution in [0, 0.1) is 5.82 Å². The molecule has 1 aromatic carbocycles. The number of hydrogen-bond acceptors (Lipinski definition) is 3. The van der Waals surface area contributed by atoms with Crippen LogP contribution in [-0.2, 0) is 0 Å². The quantitative estimate of drug-likeness (QED) is 0.876. The summed E-state index contributed by atoms with van der Waals surface area (Å²) in [5.41, 5.74) is 0.0285. The molecule has 2 rings (SSSR count). The fourth-order valence-corrected chi connectivity index (χ4v) is 2.55. The minimum Gasteiger partial charge on any atom is -0.508 e. The molecule has 2 N–H and O–H groups in total. The lowest BCUT2D eigenvalue weighted by molar-refractivity contribution is 0.0610. The Labute approximate surface area is 112 Å². The Bertz CT molecular complexity index is 463. The lowest BCUT2D eigenvalue weighted by atomic mass is 10.0. The number of phenolic OH excluding ortho intramolecular Hbond substituents is 1. The largest absolute Gasteiger partial charge is 0.508 e. The van der Waals surface area contributed by atoms with Crippen LogP contribution in [0.25, 0.3) is 0 Å². The highest BCUT2D eigenvalue weighted by Crippen LogP contribution is 2.22. The van der Waals surface area contributed by atoms with E-state index >= 15 is 0 Å². The van der Waals surface area contributed by atoms with E-state index < -0.39 is 5.82 Å². The number of hydrogen-bond donors (Lipinski definition) is 2. The van der Waals surface area contributed by atoms with Gasteiger partial charge in [-0.3, -0.25) is 4.79 Å². The van der Waals surface area contributed by atoms with Crippen molar-refractivity contribution in [3.63, 3.8) is 0 Å². The second kappa shape index (κ2) is 6.02. The number of piperidine rings is 1. The molecule has 1 atom stereocenters. The average molecular weight is 266 g/mol. The lowest BCUT2D eigenvalue weighted by Crippen LogP contribution is -2.48. The number of halogens is 1. The van der Waals surface area contributed by atoms with Crippen LogP contribution >= 0.6 is 0 Å². The summed E-state index contributed by atoms with van der Waals surface area (Å²) in [6, 6.07) is 3.77. The smallest absolute Gasteiger partial charge is 0.257 e. The van der Waals surface area contributed by atoms with Gasteiger partial charge in [0.25, 0.3) is 5.91 Å². The summed E-state index contributed by atoms with van der Waals surface area (Å²) < 4.78 is 13.7. The fraction of sp³-hybridized carbons (Fsp3) is 0.500. The number of amides is 1. The van der Waals surface area contributed by atoms with Crippen LogP contribution in [0.1, 0.15) is 29.6 Å². The van der Waals surface area contributed by atoms with Crippen molar-refractivity contribution in [2.75, 3.05) is 20.1 Å². The number of aromatic hydroxyl groups is 1. The van der Waals surface area contributed by atoms with Gasteiger partial charge < -0.3 is 15.3 Å². The van der Waals surface area contributed by atoms with Gasteiger partial charge in [-0.05, 0) is 38.4 Å². The summed E-state index contributed by atoms with van der Waals surface area (Å²) >= 11 is 0. The van der Waals surface area contributed by atoms with Crippen LogP contribution in [-0.4, -0.2) is 42.1 Å². The van der Waals surface area contributed by atoms with E-state index in [2.05, 4.69) is 5.32 Å². The molecule has 1 saturated heterocycles. The molecule has 0 radical (unpaired) electrons. The molecule has 1 aliphatic heterocycles. The summed E-state index contributed by atoms with van der Waals surface area (Å²) in [6.45, 7) is 1.37. The number of phenols is 1. The second-order valence-corrected chi connectivity index (χ2v) is 4.87. The van der Waals surface area contributed by atoms with Gasteiger partial charge in [0.15, 0.2) is 0 Å². The molecule has 1 amide bonds. The molecule has 0 aromatic heterocycles. The normalized spacial score (nSPS) is 19.5. The third-order valence-electron chi connectivity index (χ3n) is 3.51. The van der Waals surface area contributed by atoms with Crippen LogP contribution in [0.2, 0.25) is 0 Å². The van der Waals surface area contributed by atoms with E-state index in [4.69, 9.17) is 0 Å². The molecule has 0 aliphatic carbocycles. The molecule has 0 bridgehead atoms. The van der Waals surface area contributed by atoms with Gasteiger partial charge in [0.2, 0.25) is 0 Å². The molecule has 4 nitrogen and oxygen atoms in total. The molecule has 0 saturated carbocycles. The topological polar surface area (TPSA) is 52.6 Å². The number of carbonyl (C=O) groups excluding carboxylic acids is 1. The first-order chi connectivity index (χ1) is 9.13. The maximum absolute atomic E-state index is 13.7. The van der Waals surface area contributed by atoms with E-state index in [-0.39, 0.29) is 23.3 Å². The SMILES string of the molecule is CNCC1CCCCN1C(=O)c1ccc(O)cc1F. The van der Waals surface area contributed by atoms with E-state index in [0.717, 1.165) is 25.3 Å². The standard InChI is InChI=1S/C14H19FN2O2/c1-16-9-10-4-2-3-7-17(10)14(19)12-6-5-11(18)8-13(12)15/h5-6,8,10,16,18H,2-4,7,9H2,1H3. The molecule has 1 unspecified atom stereocenters. The third kappa shape index (κ3) is 3.04. The van der Waals surface area contributed by atoms with Crippen LogP contribution in [0.5, 0.6) is 5.75 Å². The molecule has 1 aliphatic rings. The highest BCUT2D eigenvalue weighted by Gasteiger charge is 2.28. The van der Waals surface area contributed by atoms with E-state index in [1.165, 1.54) is 12.1 Å². The van der Waals surface area contributed by atoms with Crippen molar-refractivity contribution in [2.24, 2.45) is 0 Å². The number of nitrogens with one attached hydrogen (secondary N) is 1. The zero-order valence-corrected chi connectivity index (χ0v) is 11.0. The minimum absolute atomic E-state index is 0.0285. The van der Waals surface area contributed by atoms with Crippen molar-refractivity contribution in [3.8, 4) is 5.75 Å². The first-order valence-electron chi connectivity index (χ1n) is 6.57. The Morgan fingerprint density at radius 1 is 1.53 bits per heavy atom. The molecular weight excluding hydrogens is 247 g/mol. The van der Waals surface area contributed by atoms with Crippen LogP contribution in [0.3, 0.4) is 0 Å². The number of likely N-dealkylation sites (tertiary alicyclic amines) is 1. The lowest BCUT2D eigenvalue weighted by Gasteiger charge is -2.35. The summed E-state index contributed by atoms with van der Waals surface area (Å²) in [7, 11) is 1.85. The minimum atomic E-state index is -0.668. The second-order valence-electron chi connectivity index (χ2n) is 4.87. The summed E-state index contributed by atoms with van der Waals surface area (Å²) in [4.78, 5) is 14.1. The van der Waals surface area contributed by atoms with Crippen molar-refractivity contribution >= 4 is 5.91 Å².